The van der Waals surface area contributed by atoms with E-state index in [2.05, 4.69) is 29.6 Å². The standard InChI is InChI=1S/C22H26N2O4/c25-17(13-24-10-9-23-22(26)14-24)15-28-21-6-5-18(16-7-11-27-12-8-16)19-3-1-2-4-20(19)21/h1-7,17,25H,8-15H2,(H,23,26). The highest BCUT2D eigenvalue weighted by molar-refractivity contribution is 5.97. The molecule has 2 aromatic rings. The van der Waals surface area contributed by atoms with E-state index in [1.165, 1.54) is 11.1 Å². The highest BCUT2D eigenvalue weighted by atomic mass is 16.5. The number of aliphatic hydroxyl groups is 1. The Kier molecular flexibility index (Phi) is 5.90. The molecule has 0 saturated carbocycles. The molecule has 2 aromatic carbocycles. The van der Waals surface area contributed by atoms with Crippen LogP contribution in [0.5, 0.6) is 5.75 Å². The van der Waals surface area contributed by atoms with Crippen molar-refractivity contribution in [3.05, 3.63) is 48.0 Å². The molecule has 1 fully saturated rings. The molecule has 2 aliphatic heterocycles. The molecule has 4 rings (SSSR count). The molecule has 0 spiro atoms. The van der Waals surface area contributed by atoms with E-state index in [9.17, 15) is 9.90 Å². The summed E-state index contributed by atoms with van der Waals surface area (Å²) >= 11 is 0. The van der Waals surface area contributed by atoms with E-state index in [1.54, 1.807) is 0 Å². The SMILES string of the molecule is O=C1CN(CC(O)COc2ccc(C3=CCOCC3)c3ccccc23)CCN1. The largest absolute Gasteiger partial charge is 0.490 e. The Morgan fingerprint density at radius 3 is 2.86 bits per heavy atom. The highest BCUT2D eigenvalue weighted by Gasteiger charge is 2.19. The Balaban J connectivity index is 1.47. The molecule has 0 bridgehead atoms. The van der Waals surface area contributed by atoms with E-state index in [4.69, 9.17) is 9.47 Å². The second-order valence-electron chi connectivity index (χ2n) is 7.26. The fraction of sp³-hybridized carbons (Fsp3) is 0.409. The van der Waals surface area contributed by atoms with E-state index in [0.717, 1.165) is 36.1 Å². The van der Waals surface area contributed by atoms with Gasteiger partial charge in [-0.3, -0.25) is 9.69 Å². The fourth-order valence-electron chi connectivity index (χ4n) is 3.83. The Hall–Kier alpha value is -2.41. The number of ether oxygens (including phenoxy) is 2. The number of amides is 1. The van der Waals surface area contributed by atoms with Gasteiger partial charge in [0.05, 0.1) is 19.8 Å². The van der Waals surface area contributed by atoms with E-state index < -0.39 is 6.10 Å². The van der Waals surface area contributed by atoms with Gasteiger partial charge in [-0.25, -0.2) is 0 Å². The lowest BCUT2D eigenvalue weighted by Crippen LogP contribution is -2.50. The van der Waals surface area contributed by atoms with Crippen LogP contribution < -0.4 is 10.1 Å². The summed E-state index contributed by atoms with van der Waals surface area (Å²) in [7, 11) is 0. The molecule has 1 atom stereocenters. The van der Waals surface area contributed by atoms with Crippen LogP contribution in [-0.4, -0.2) is 68.0 Å². The van der Waals surface area contributed by atoms with E-state index in [1.807, 2.05) is 23.1 Å². The van der Waals surface area contributed by atoms with Gasteiger partial charge in [-0.1, -0.05) is 36.4 Å². The van der Waals surface area contributed by atoms with Gasteiger partial charge in [-0.2, -0.15) is 0 Å². The van der Waals surface area contributed by atoms with Crippen LogP contribution in [0, 0.1) is 0 Å². The van der Waals surface area contributed by atoms with Crippen LogP contribution in [0.25, 0.3) is 16.3 Å². The lowest BCUT2D eigenvalue weighted by Gasteiger charge is -2.28. The number of hydrogen-bond donors (Lipinski definition) is 2. The number of β-amino-alcohol motifs (C(OH)–C–C–N with tert-alkyl or cyclic N) is 1. The number of carbonyl (C=O) groups is 1. The van der Waals surface area contributed by atoms with Crippen molar-refractivity contribution in [2.75, 3.05) is 46.0 Å². The number of benzene rings is 2. The summed E-state index contributed by atoms with van der Waals surface area (Å²) in [6.45, 7) is 3.72. The zero-order valence-electron chi connectivity index (χ0n) is 15.9. The first kappa shape index (κ1) is 18.9. The molecule has 2 aliphatic rings. The maximum atomic E-state index is 11.5. The van der Waals surface area contributed by atoms with Gasteiger partial charge < -0.3 is 19.9 Å². The smallest absolute Gasteiger partial charge is 0.234 e. The molecule has 0 radical (unpaired) electrons. The second-order valence-corrected chi connectivity index (χ2v) is 7.26. The van der Waals surface area contributed by atoms with Gasteiger partial charge in [0.15, 0.2) is 0 Å². The second kappa shape index (κ2) is 8.73. The Labute approximate surface area is 164 Å². The zero-order chi connectivity index (χ0) is 19.3. The van der Waals surface area contributed by atoms with Gasteiger partial charge in [0.1, 0.15) is 18.5 Å². The number of aliphatic hydroxyl groups excluding tert-OH is 1. The molecule has 1 amide bonds. The molecule has 28 heavy (non-hydrogen) atoms. The molecule has 2 heterocycles. The van der Waals surface area contributed by atoms with Crippen molar-refractivity contribution in [2.24, 2.45) is 0 Å². The maximum absolute atomic E-state index is 11.5. The summed E-state index contributed by atoms with van der Waals surface area (Å²) in [5.74, 6) is 0.769. The van der Waals surface area contributed by atoms with Crippen molar-refractivity contribution in [1.82, 2.24) is 10.2 Å². The normalized spacial score (nSPS) is 19.2. The van der Waals surface area contributed by atoms with Crippen molar-refractivity contribution in [3.63, 3.8) is 0 Å². The molecular weight excluding hydrogens is 356 g/mol. The minimum absolute atomic E-state index is 0.00312. The Morgan fingerprint density at radius 1 is 1.21 bits per heavy atom. The van der Waals surface area contributed by atoms with Crippen LogP contribution in [0.15, 0.2) is 42.5 Å². The monoisotopic (exact) mass is 382 g/mol. The molecule has 1 unspecified atom stereocenters. The quantitative estimate of drug-likeness (QED) is 0.798. The predicted molar refractivity (Wildman–Crippen MR) is 108 cm³/mol. The molecule has 0 aromatic heterocycles. The van der Waals surface area contributed by atoms with Crippen LogP contribution in [0.3, 0.4) is 0 Å². The summed E-state index contributed by atoms with van der Waals surface area (Å²) in [4.78, 5) is 13.4. The molecular formula is C22H26N2O4. The summed E-state index contributed by atoms with van der Waals surface area (Å²) in [6.07, 6.45) is 2.40. The number of nitrogens with one attached hydrogen (secondary N) is 1. The first-order valence-corrected chi connectivity index (χ1v) is 9.79. The first-order valence-electron chi connectivity index (χ1n) is 9.79. The van der Waals surface area contributed by atoms with Crippen molar-refractivity contribution >= 4 is 22.3 Å². The number of nitrogens with zero attached hydrogens (tertiary/aromatic N) is 1. The van der Waals surface area contributed by atoms with Crippen molar-refractivity contribution in [1.29, 1.82) is 0 Å². The van der Waals surface area contributed by atoms with Crippen LogP contribution >= 0.6 is 0 Å². The summed E-state index contributed by atoms with van der Waals surface area (Å²) in [5, 5.41) is 15.3. The third kappa shape index (κ3) is 4.35. The van der Waals surface area contributed by atoms with E-state index >= 15 is 0 Å². The van der Waals surface area contributed by atoms with Crippen LogP contribution in [0.4, 0.5) is 0 Å². The van der Waals surface area contributed by atoms with Gasteiger partial charge in [0.2, 0.25) is 5.91 Å². The fourth-order valence-corrected chi connectivity index (χ4v) is 3.83. The van der Waals surface area contributed by atoms with Crippen LogP contribution in [0.1, 0.15) is 12.0 Å². The van der Waals surface area contributed by atoms with Crippen LogP contribution in [0.2, 0.25) is 0 Å². The molecule has 148 valence electrons. The van der Waals surface area contributed by atoms with Gasteiger partial charge >= 0.3 is 0 Å². The third-order valence-corrected chi connectivity index (χ3v) is 5.21. The van der Waals surface area contributed by atoms with Gasteiger partial charge in [0, 0.05) is 25.0 Å². The van der Waals surface area contributed by atoms with Gasteiger partial charge in [-0.05, 0) is 29.0 Å². The zero-order valence-corrected chi connectivity index (χ0v) is 15.9. The molecule has 1 saturated heterocycles. The third-order valence-electron chi connectivity index (χ3n) is 5.21. The average molecular weight is 382 g/mol. The topological polar surface area (TPSA) is 71.0 Å². The van der Waals surface area contributed by atoms with Crippen LogP contribution in [-0.2, 0) is 9.53 Å². The number of hydrogen-bond acceptors (Lipinski definition) is 5. The molecule has 0 aliphatic carbocycles. The number of carbonyl (C=O) groups excluding carboxylic acids is 1. The van der Waals surface area contributed by atoms with E-state index in [0.29, 0.717) is 26.2 Å². The molecule has 2 N–H and O–H groups in total. The Morgan fingerprint density at radius 2 is 2.07 bits per heavy atom. The van der Waals surface area contributed by atoms with E-state index in [-0.39, 0.29) is 12.5 Å². The van der Waals surface area contributed by atoms with Crippen molar-refractivity contribution in [3.8, 4) is 5.75 Å². The van der Waals surface area contributed by atoms with Crippen molar-refractivity contribution in [2.45, 2.75) is 12.5 Å². The minimum Gasteiger partial charge on any atom is -0.490 e. The minimum atomic E-state index is -0.650. The lowest BCUT2D eigenvalue weighted by atomic mass is 9.95. The Bertz CT molecular complexity index is 880. The number of fused-ring (bicyclic) bond motifs is 1. The maximum Gasteiger partial charge on any atom is 0.234 e. The number of piperazine rings is 1. The van der Waals surface area contributed by atoms with Crippen molar-refractivity contribution < 1.29 is 19.4 Å². The predicted octanol–water partition coefficient (Wildman–Crippen LogP) is 1.81. The number of rotatable bonds is 6. The summed E-state index contributed by atoms with van der Waals surface area (Å²) in [6, 6.07) is 12.3. The summed E-state index contributed by atoms with van der Waals surface area (Å²) in [5.41, 5.74) is 2.52. The average Bonchev–Trinajstić information content (AvgIpc) is 2.72. The highest BCUT2D eigenvalue weighted by Crippen LogP contribution is 2.34. The van der Waals surface area contributed by atoms with Gasteiger partial charge in [0.25, 0.3) is 0 Å². The molecule has 6 heteroatoms. The lowest BCUT2D eigenvalue weighted by molar-refractivity contribution is -0.124. The van der Waals surface area contributed by atoms with Gasteiger partial charge in [-0.15, -0.1) is 0 Å². The molecule has 6 nitrogen and oxygen atoms in total. The first-order chi connectivity index (χ1) is 13.7. The summed E-state index contributed by atoms with van der Waals surface area (Å²) < 4.78 is 11.4.